The highest BCUT2D eigenvalue weighted by Gasteiger charge is 2.71. The lowest BCUT2D eigenvalue weighted by Gasteiger charge is -2.39. The second kappa shape index (κ2) is 4.95. The molecule has 2 saturated heterocycles. The van der Waals surface area contributed by atoms with E-state index < -0.39 is 0 Å². The first kappa shape index (κ1) is 17.7. The standard InChI is InChI=1S/C24H38O3/c1-21(2)15-7-9-23(21,5)19-13(15)11-17(26-19)25-18-12-14-16-8-10-24(6,20(14)27-18)22(16,3)4/h13-20H,7-12H2,1-6H3/t13-,14-,15+,16+,17-,18+,19+,20-,23+,24+/m1/s1. The smallest absolute Gasteiger partial charge is 0.161 e. The van der Waals surface area contributed by atoms with Gasteiger partial charge in [-0.05, 0) is 71.0 Å². The molecule has 2 heterocycles. The van der Waals surface area contributed by atoms with Crippen molar-refractivity contribution in [1.29, 1.82) is 0 Å². The van der Waals surface area contributed by atoms with Crippen molar-refractivity contribution in [3.8, 4) is 0 Å². The van der Waals surface area contributed by atoms with Crippen LogP contribution in [-0.4, -0.2) is 24.8 Å². The number of hydrogen-bond acceptors (Lipinski definition) is 3. The van der Waals surface area contributed by atoms with Crippen LogP contribution in [0, 0.1) is 45.3 Å². The van der Waals surface area contributed by atoms with E-state index in [0.717, 1.165) is 24.7 Å². The van der Waals surface area contributed by atoms with Crippen molar-refractivity contribution in [2.75, 3.05) is 0 Å². The van der Waals surface area contributed by atoms with Crippen LogP contribution in [0.4, 0.5) is 0 Å². The molecule has 6 fully saturated rings. The van der Waals surface area contributed by atoms with Crippen molar-refractivity contribution in [1.82, 2.24) is 0 Å². The first-order valence-corrected chi connectivity index (χ1v) is 11.6. The van der Waals surface area contributed by atoms with Crippen LogP contribution in [0.25, 0.3) is 0 Å². The summed E-state index contributed by atoms with van der Waals surface area (Å²) in [5.41, 5.74) is 1.47. The Bertz CT molecular complexity index is 615. The van der Waals surface area contributed by atoms with Crippen LogP contribution in [0.1, 0.15) is 80.1 Å². The highest BCUT2D eigenvalue weighted by molar-refractivity contribution is 5.18. The second-order valence-electron chi connectivity index (χ2n) is 12.5. The maximum absolute atomic E-state index is 6.58. The van der Waals surface area contributed by atoms with Crippen LogP contribution in [0.2, 0.25) is 0 Å². The molecular formula is C24H38O3. The Hall–Kier alpha value is -0.120. The Labute approximate surface area is 164 Å². The zero-order valence-corrected chi connectivity index (χ0v) is 18.1. The lowest BCUT2D eigenvalue weighted by molar-refractivity contribution is -0.252. The summed E-state index contributed by atoms with van der Waals surface area (Å²) in [5.74, 6) is 3.00. The normalized spacial score (nSPS) is 61.6. The topological polar surface area (TPSA) is 27.7 Å². The summed E-state index contributed by atoms with van der Waals surface area (Å²) in [6.45, 7) is 14.8. The number of hydrogen-bond donors (Lipinski definition) is 0. The van der Waals surface area contributed by atoms with Crippen LogP contribution in [-0.2, 0) is 14.2 Å². The van der Waals surface area contributed by atoms with Gasteiger partial charge in [0.05, 0.1) is 12.2 Å². The van der Waals surface area contributed by atoms with Gasteiger partial charge in [0.1, 0.15) is 0 Å². The highest BCUT2D eigenvalue weighted by atomic mass is 16.8. The van der Waals surface area contributed by atoms with E-state index in [-0.39, 0.29) is 12.6 Å². The maximum Gasteiger partial charge on any atom is 0.161 e. The van der Waals surface area contributed by atoms with E-state index in [1.54, 1.807) is 0 Å². The van der Waals surface area contributed by atoms with E-state index >= 15 is 0 Å². The molecule has 0 radical (unpaired) electrons. The molecule has 3 heteroatoms. The van der Waals surface area contributed by atoms with E-state index in [0.29, 0.717) is 45.7 Å². The van der Waals surface area contributed by atoms with Gasteiger partial charge < -0.3 is 14.2 Å². The average Bonchev–Trinajstić information content (AvgIpc) is 3.33. The van der Waals surface area contributed by atoms with Crippen molar-refractivity contribution >= 4 is 0 Å². The Kier molecular flexibility index (Phi) is 3.25. The lowest BCUT2D eigenvalue weighted by Crippen LogP contribution is -2.39. The van der Waals surface area contributed by atoms with Crippen molar-refractivity contribution in [3.63, 3.8) is 0 Å². The summed E-state index contributed by atoms with van der Waals surface area (Å²) in [6, 6.07) is 0. The molecule has 4 bridgehead atoms. The quantitative estimate of drug-likeness (QED) is 0.650. The fourth-order valence-electron chi connectivity index (χ4n) is 9.31. The highest BCUT2D eigenvalue weighted by Crippen LogP contribution is 2.72. The van der Waals surface area contributed by atoms with Crippen LogP contribution in [0.3, 0.4) is 0 Å². The van der Waals surface area contributed by atoms with Gasteiger partial charge in [0.25, 0.3) is 0 Å². The SMILES string of the molecule is CC1(C)[C@H]2CC[C@@]1(C)[C@@H]1O[C@H](O[C@H]3C[C@@H]4[C@@H]5CC[C@@](C)([C@H]4O3)C5(C)C)C[C@@H]12. The fourth-order valence-corrected chi connectivity index (χ4v) is 9.31. The molecule has 0 aromatic heterocycles. The zero-order chi connectivity index (χ0) is 19.0. The largest absolute Gasteiger partial charge is 0.348 e. The summed E-state index contributed by atoms with van der Waals surface area (Å²) in [6.07, 6.45) is 8.24. The number of rotatable bonds is 2. The van der Waals surface area contributed by atoms with E-state index in [4.69, 9.17) is 14.2 Å². The third kappa shape index (κ3) is 1.83. The monoisotopic (exact) mass is 374 g/mol. The minimum absolute atomic E-state index is 0.0432. The first-order chi connectivity index (χ1) is 12.6. The van der Waals surface area contributed by atoms with E-state index in [1.807, 2.05) is 0 Å². The predicted octanol–water partition coefficient (Wildman–Crippen LogP) is 5.38. The Morgan fingerprint density at radius 3 is 1.44 bits per heavy atom. The van der Waals surface area contributed by atoms with Gasteiger partial charge in [0, 0.05) is 12.8 Å². The maximum atomic E-state index is 6.58. The minimum Gasteiger partial charge on any atom is -0.348 e. The summed E-state index contributed by atoms with van der Waals surface area (Å²) >= 11 is 0. The summed E-state index contributed by atoms with van der Waals surface area (Å²) in [5, 5.41) is 0. The van der Waals surface area contributed by atoms with Crippen molar-refractivity contribution < 1.29 is 14.2 Å². The Balaban J connectivity index is 1.15. The molecular weight excluding hydrogens is 336 g/mol. The van der Waals surface area contributed by atoms with E-state index in [9.17, 15) is 0 Å². The Morgan fingerprint density at radius 2 is 1.07 bits per heavy atom. The minimum atomic E-state index is -0.0432. The van der Waals surface area contributed by atoms with Crippen molar-refractivity contribution in [2.45, 2.75) is 105 Å². The van der Waals surface area contributed by atoms with Gasteiger partial charge in [-0.1, -0.05) is 41.5 Å². The van der Waals surface area contributed by atoms with Crippen LogP contribution in [0.15, 0.2) is 0 Å². The van der Waals surface area contributed by atoms with Gasteiger partial charge in [-0.2, -0.15) is 0 Å². The molecule has 2 aliphatic heterocycles. The fraction of sp³-hybridized carbons (Fsp3) is 1.00. The van der Waals surface area contributed by atoms with Crippen molar-refractivity contribution in [3.05, 3.63) is 0 Å². The summed E-state index contributed by atoms with van der Waals surface area (Å²) in [4.78, 5) is 0. The summed E-state index contributed by atoms with van der Waals surface area (Å²) in [7, 11) is 0. The van der Waals surface area contributed by atoms with Crippen LogP contribution < -0.4 is 0 Å². The number of fused-ring (bicyclic) bond motifs is 10. The van der Waals surface area contributed by atoms with Gasteiger partial charge in [-0.15, -0.1) is 0 Å². The number of ether oxygens (including phenoxy) is 3. The van der Waals surface area contributed by atoms with Crippen LogP contribution >= 0.6 is 0 Å². The molecule has 0 unspecified atom stereocenters. The van der Waals surface area contributed by atoms with Gasteiger partial charge in [0.15, 0.2) is 12.6 Å². The van der Waals surface area contributed by atoms with Crippen LogP contribution in [0.5, 0.6) is 0 Å². The van der Waals surface area contributed by atoms with Gasteiger partial charge in [0.2, 0.25) is 0 Å². The third-order valence-electron chi connectivity index (χ3n) is 11.6. The van der Waals surface area contributed by atoms with E-state index in [1.165, 1.54) is 25.7 Å². The van der Waals surface area contributed by atoms with Crippen molar-refractivity contribution in [2.24, 2.45) is 45.3 Å². The summed E-state index contributed by atoms with van der Waals surface area (Å²) < 4.78 is 19.6. The van der Waals surface area contributed by atoms with Gasteiger partial charge in [-0.3, -0.25) is 0 Å². The lowest BCUT2D eigenvalue weighted by atomic mass is 9.70. The third-order valence-corrected chi connectivity index (χ3v) is 11.6. The zero-order valence-electron chi connectivity index (χ0n) is 18.1. The van der Waals surface area contributed by atoms with Gasteiger partial charge in [-0.25, -0.2) is 0 Å². The van der Waals surface area contributed by atoms with E-state index in [2.05, 4.69) is 41.5 Å². The molecule has 3 nitrogen and oxygen atoms in total. The molecule has 152 valence electrons. The average molecular weight is 375 g/mol. The molecule has 0 spiro atoms. The predicted molar refractivity (Wildman–Crippen MR) is 104 cm³/mol. The van der Waals surface area contributed by atoms with Gasteiger partial charge >= 0.3 is 0 Å². The molecule has 27 heavy (non-hydrogen) atoms. The molecule has 4 saturated carbocycles. The molecule has 6 rings (SSSR count). The molecule has 0 N–H and O–H groups in total. The molecule has 10 atom stereocenters. The molecule has 0 amide bonds. The molecule has 4 aliphatic carbocycles. The molecule has 0 aromatic rings. The molecule has 0 aromatic carbocycles. The molecule has 6 aliphatic rings. The first-order valence-electron chi connectivity index (χ1n) is 11.6. The Morgan fingerprint density at radius 1 is 0.667 bits per heavy atom. The second-order valence-corrected chi connectivity index (χ2v) is 12.5.